The van der Waals surface area contributed by atoms with Gasteiger partial charge < -0.3 is 14.7 Å². The Morgan fingerprint density at radius 3 is 2.38 bits per heavy atom. The van der Waals surface area contributed by atoms with Crippen LogP contribution in [0.2, 0.25) is 0 Å². The molecule has 1 N–H and O–H groups in total. The molecule has 2 unspecified atom stereocenters. The Bertz CT molecular complexity index is 619. The van der Waals surface area contributed by atoms with Crippen molar-refractivity contribution in [2.75, 3.05) is 19.8 Å². The Balaban J connectivity index is 1.93. The predicted octanol–water partition coefficient (Wildman–Crippen LogP) is 2.36. The van der Waals surface area contributed by atoms with Crippen molar-refractivity contribution in [3.05, 3.63) is 35.4 Å². The lowest BCUT2D eigenvalue weighted by molar-refractivity contribution is -0.145. The summed E-state index contributed by atoms with van der Waals surface area (Å²) in [5.74, 6) is -1.22. The molecule has 2 aliphatic rings. The van der Waals surface area contributed by atoms with Gasteiger partial charge in [0.05, 0.1) is 11.3 Å². The Hall–Kier alpha value is -1.88. The third-order valence-corrected chi connectivity index (χ3v) is 5.69. The van der Waals surface area contributed by atoms with Crippen molar-refractivity contribution in [1.82, 2.24) is 4.90 Å². The number of aryl methyl sites for hydroxylation is 1. The summed E-state index contributed by atoms with van der Waals surface area (Å²) in [4.78, 5) is 26.6. The van der Waals surface area contributed by atoms with Gasteiger partial charge in [0.1, 0.15) is 0 Å². The fourth-order valence-corrected chi connectivity index (χ4v) is 4.05. The fourth-order valence-electron chi connectivity index (χ4n) is 4.05. The lowest BCUT2D eigenvalue weighted by atomic mass is 9.72. The topological polar surface area (TPSA) is 66.8 Å². The van der Waals surface area contributed by atoms with E-state index in [1.165, 1.54) is 0 Å². The number of carbonyl (C=O) groups is 2. The summed E-state index contributed by atoms with van der Waals surface area (Å²) in [6.45, 7) is 5.52. The molecule has 0 spiro atoms. The molecule has 0 aromatic heterocycles. The highest BCUT2D eigenvalue weighted by molar-refractivity contribution is 5.89. The first-order valence-corrected chi connectivity index (χ1v) is 8.64. The van der Waals surface area contributed by atoms with Gasteiger partial charge in [-0.3, -0.25) is 9.59 Å². The van der Waals surface area contributed by atoms with Crippen molar-refractivity contribution in [2.45, 2.75) is 44.6 Å². The molecule has 0 bridgehead atoms. The average Bonchev–Trinajstić information content (AvgIpc) is 2.97. The molecule has 2 atom stereocenters. The van der Waals surface area contributed by atoms with E-state index in [2.05, 4.69) is 0 Å². The van der Waals surface area contributed by atoms with Gasteiger partial charge in [-0.1, -0.05) is 29.8 Å². The number of hydrogen-bond acceptors (Lipinski definition) is 3. The van der Waals surface area contributed by atoms with Crippen LogP contribution in [-0.2, 0) is 19.7 Å². The first-order valence-electron chi connectivity index (χ1n) is 8.64. The van der Waals surface area contributed by atoms with Crippen LogP contribution in [0.25, 0.3) is 0 Å². The largest absolute Gasteiger partial charge is 0.481 e. The number of rotatable bonds is 3. The molecule has 1 aromatic rings. The van der Waals surface area contributed by atoms with Gasteiger partial charge in [0.2, 0.25) is 5.91 Å². The van der Waals surface area contributed by atoms with Crippen molar-refractivity contribution in [2.24, 2.45) is 5.92 Å². The van der Waals surface area contributed by atoms with Crippen LogP contribution in [0.5, 0.6) is 0 Å². The second-order valence-corrected chi connectivity index (χ2v) is 7.03. The minimum absolute atomic E-state index is 0.0610. The number of benzene rings is 1. The standard InChI is InChI=1S/C19H25NO4/c1-13-3-5-15(6-4-13)19(8-11-24-12-9-19)18(23)20-10-7-16(14(20)2)17(21)22/h3-6,14,16H,7-12H2,1-2H3,(H,21,22). The summed E-state index contributed by atoms with van der Waals surface area (Å²) < 4.78 is 5.50. The number of carboxylic acid groups (broad SMARTS) is 1. The second kappa shape index (κ2) is 6.55. The molecule has 1 aromatic carbocycles. The molecule has 130 valence electrons. The summed E-state index contributed by atoms with van der Waals surface area (Å²) in [5.41, 5.74) is 1.59. The fraction of sp³-hybridized carbons (Fsp3) is 0.579. The molecule has 5 nitrogen and oxygen atoms in total. The normalized spacial score (nSPS) is 26.3. The Morgan fingerprint density at radius 1 is 1.21 bits per heavy atom. The molecule has 5 heteroatoms. The van der Waals surface area contributed by atoms with Gasteiger partial charge in [-0.25, -0.2) is 0 Å². The van der Waals surface area contributed by atoms with Gasteiger partial charge in [-0.05, 0) is 38.7 Å². The zero-order chi connectivity index (χ0) is 17.3. The van der Waals surface area contributed by atoms with E-state index in [-0.39, 0.29) is 11.9 Å². The van der Waals surface area contributed by atoms with Crippen LogP contribution in [0.15, 0.2) is 24.3 Å². The van der Waals surface area contributed by atoms with Crippen molar-refractivity contribution >= 4 is 11.9 Å². The molecule has 0 saturated carbocycles. The van der Waals surface area contributed by atoms with Gasteiger partial charge in [0.25, 0.3) is 0 Å². The lowest BCUT2D eigenvalue weighted by Crippen LogP contribution is -2.51. The van der Waals surface area contributed by atoms with E-state index in [1.807, 2.05) is 38.1 Å². The van der Waals surface area contributed by atoms with Crippen LogP contribution in [0.4, 0.5) is 0 Å². The smallest absolute Gasteiger partial charge is 0.308 e. The number of hydrogen-bond donors (Lipinski definition) is 1. The predicted molar refractivity (Wildman–Crippen MR) is 89.8 cm³/mol. The summed E-state index contributed by atoms with van der Waals surface area (Å²) >= 11 is 0. The average molecular weight is 331 g/mol. The van der Waals surface area contributed by atoms with Crippen molar-refractivity contribution in [3.63, 3.8) is 0 Å². The summed E-state index contributed by atoms with van der Waals surface area (Å²) in [5, 5.41) is 9.35. The summed E-state index contributed by atoms with van der Waals surface area (Å²) in [6.07, 6.45) is 1.83. The second-order valence-electron chi connectivity index (χ2n) is 7.03. The third kappa shape index (κ3) is 2.81. The zero-order valence-corrected chi connectivity index (χ0v) is 14.3. The number of carbonyl (C=O) groups excluding carboxylic acids is 1. The molecular weight excluding hydrogens is 306 g/mol. The molecule has 0 radical (unpaired) electrons. The minimum atomic E-state index is -0.811. The van der Waals surface area contributed by atoms with Crippen molar-refractivity contribution < 1.29 is 19.4 Å². The van der Waals surface area contributed by atoms with E-state index >= 15 is 0 Å². The monoisotopic (exact) mass is 331 g/mol. The van der Waals surface area contributed by atoms with Gasteiger partial charge in [0, 0.05) is 25.8 Å². The zero-order valence-electron chi connectivity index (χ0n) is 14.3. The SMILES string of the molecule is Cc1ccc(C2(C(=O)N3CCC(C(=O)O)C3C)CCOCC2)cc1. The van der Waals surface area contributed by atoms with E-state index in [0.717, 1.165) is 11.1 Å². The van der Waals surface area contributed by atoms with Gasteiger partial charge in [-0.15, -0.1) is 0 Å². The third-order valence-electron chi connectivity index (χ3n) is 5.69. The Morgan fingerprint density at radius 2 is 1.83 bits per heavy atom. The molecule has 2 aliphatic heterocycles. The molecule has 2 heterocycles. The highest BCUT2D eigenvalue weighted by atomic mass is 16.5. The van der Waals surface area contributed by atoms with Crippen LogP contribution < -0.4 is 0 Å². The number of nitrogens with zero attached hydrogens (tertiary/aromatic N) is 1. The maximum absolute atomic E-state index is 13.5. The quantitative estimate of drug-likeness (QED) is 0.923. The van der Waals surface area contributed by atoms with E-state index < -0.39 is 17.3 Å². The number of amides is 1. The summed E-state index contributed by atoms with van der Waals surface area (Å²) in [7, 11) is 0. The minimum Gasteiger partial charge on any atom is -0.481 e. The molecule has 24 heavy (non-hydrogen) atoms. The van der Waals surface area contributed by atoms with Crippen LogP contribution in [-0.4, -0.2) is 47.7 Å². The van der Waals surface area contributed by atoms with Gasteiger partial charge >= 0.3 is 5.97 Å². The van der Waals surface area contributed by atoms with Crippen LogP contribution in [0, 0.1) is 12.8 Å². The van der Waals surface area contributed by atoms with Crippen molar-refractivity contribution in [3.8, 4) is 0 Å². The lowest BCUT2D eigenvalue weighted by Gasteiger charge is -2.40. The number of aliphatic carboxylic acids is 1. The Labute approximate surface area is 142 Å². The van der Waals surface area contributed by atoms with Crippen LogP contribution in [0.3, 0.4) is 0 Å². The molecular formula is C19H25NO4. The maximum Gasteiger partial charge on any atom is 0.308 e. The van der Waals surface area contributed by atoms with Crippen LogP contribution in [0.1, 0.15) is 37.3 Å². The van der Waals surface area contributed by atoms with E-state index in [4.69, 9.17) is 4.74 Å². The number of carboxylic acids is 1. The highest BCUT2D eigenvalue weighted by Crippen LogP contribution is 2.39. The molecule has 3 rings (SSSR count). The first-order chi connectivity index (χ1) is 11.5. The van der Waals surface area contributed by atoms with Gasteiger partial charge in [0.15, 0.2) is 0 Å². The van der Waals surface area contributed by atoms with Gasteiger partial charge in [-0.2, -0.15) is 0 Å². The van der Waals surface area contributed by atoms with E-state index in [9.17, 15) is 14.7 Å². The molecule has 2 saturated heterocycles. The highest BCUT2D eigenvalue weighted by Gasteiger charge is 2.48. The molecule has 0 aliphatic carbocycles. The van der Waals surface area contributed by atoms with Crippen LogP contribution >= 0.6 is 0 Å². The van der Waals surface area contributed by atoms with E-state index in [1.54, 1.807) is 4.90 Å². The Kier molecular flexibility index (Phi) is 4.63. The molecule has 2 fully saturated rings. The summed E-state index contributed by atoms with van der Waals surface area (Å²) in [6, 6.07) is 7.88. The number of ether oxygens (including phenoxy) is 1. The maximum atomic E-state index is 13.5. The number of likely N-dealkylation sites (tertiary alicyclic amines) is 1. The molecule has 1 amide bonds. The van der Waals surface area contributed by atoms with Crippen molar-refractivity contribution in [1.29, 1.82) is 0 Å². The van der Waals surface area contributed by atoms with E-state index in [0.29, 0.717) is 39.0 Å². The first kappa shape index (κ1) is 17.0.